The van der Waals surface area contributed by atoms with Crippen LogP contribution in [0.4, 0.5) is 4.79 Å². The molecular weight excluding hydrogens is 488 g/mol. The van der Waals surface area contributed by atoms with Crippen molar-refractivity contribution in [3.05, 3.63) is 93.7 Å². The monoisotopic (exact) mass is 522 g/mol. The maximum Gasteiger partial charge on any atom is 0.407 e. The van der Waals surface area contributed by atoms with E-state index in [0.29, 0.717) is 24.3 Å². The number of alkyl carbamates (subject to hydrolysis) is 1. The van der Waals surface area contributed by atoms with Gasteiger partial charge in [0, 0.05) is 17.3 Å². The van der Waals surface area contributed by atoms with Crippen molar-refractivity contribution in [1.82, 2.24) is 10.6 Å². The van der Waals surface area contributed by atoms with Gasteiger partial charge >= 0.3 is 12.1 Å². The quantitative estimate of drug-likeness (QED) is 0.271. The van der Waals surface area contributed by atoms with Crippen molar-refractivity contribution in [1.29, 1.82) is 0 Å². The fraction of sp³-hybridized carbons (Fsp3) is 0.345. The maximum atomic E-state index is 13.1. The molecule has 2 amide bonds. The van der Waals surface area contributed by atoms with E-state index in [1.54, 1.807) is 26.8 Å². The summed E-state index contributed by atoms with van der Waals surface area (Å²) in [6, 6.07) is 23.2. The summed E-state index contributed by atoms with van der Waals surface area (Å²) < 4.78 is 10.1. The summed E-state index contributed by atoms with van der Waals surface area (Å²) in [5.41, 5.74) is 1.67. The maximum absolute atomic E-state index is 13.1. The van der Waals surface area contributed by atoms with Gasteiger partial charge in [-0.2, -0.15) is 0 Å². The lowest BCUT2D eigenvalue weighted by Crippen LogP contribution is -2.42. The van der Waals surface area contributed by atoms with Gasteiger partial charge in [-0.1, -0.05) is 60.7 Å². The predicted octanol–water partition coefficient (Wildman–Crippen LogP) is 5.50. The third-order valence-electron chi connectivity index (χ3n) is 5.53. The van der Waals surface area contributed by atoms with Crippen molar-refractivity contribution in [2.24, 2.45) is 0 Å². The highest BCUT2D eigenvalue weighted by Gasteiger charge is 2.25. The smallest absolute Gasteiger partial charge is 0.407 e. The van der Waals surface area contributed by atoms with Gasteiger partial charge in [-0.3, -0.25) is 4.79 Å². The lowest BCUT2D eigenvalue weighted by Gasteiger charge is -2.20. The van der Waals surface area contributed by atoms with Crippen molar-refractivity contribution in [2.75, 3.05) is 13.7 Å². The SMILES string of the molecule is COC(=O)[C@H](CCCNC(=O)OC(C)(C)C)NC(=O)c1ccc(C(c2ccccc2)c2ccccc2)s1. The normalized spacial score (nSPS) is 12.0. The van der Waals surface area contributed by atoms with Crippen LogP contribution in [0.5, 0.6) is 0 Å². The van der Waals surface area contributed by atoms with Crippen LogP contribution in [0.15, 0.2) is 72.8 Å². The molecule has 8 heteroatoms. The van der Waals surface area contributed by atoms with Crippen molar-refractivity contribution >= 4 is 29.3 Å². The Hall–Kier alpha value is -3.65. The molecule has 1 atom stereocenters. The van der Waals surface area contributed by atoms with Gasteiger partial charge < -0.3 is 20.1 Å². The van der Waals surface area contributed by atoms with Gasteiger partial charge in [0.2, 0.25) is 0 Å². The predicted molar refractivity (Wildman–Crippen MR) is 145 cm³/mol. The summed E-state index contributed by atoms with van der Waals surface area (Å²) in [6.07, 6.45) is 0.242. The molecule has 2 N–H and O–H groups in total. The highest BCUT2D eigenvalue weighted by molar-refractivity contribution is 7.14. The third-order valence-corrected chi connectivity index (χ3v) is 6.68. The van der Waals surface area contributed by atoms with Crippen molar-refractivity contribution in [3.63, 3.8) is 0 Å². The minimum Gasteiger partial charge on any atom is -0.467 e. The number of benzene rings is 2. The fourth-order valence-corrected chi connectivity index (χ4v) is 4.94. The Morgan fingerprint density at radius 1 is 0.892 bits per heavy atom. The molecule has 0 aliphatic carbocycles. The Morgan fingerprint density at radius 3 is 2.03 bits per heavy atom. The van der Waals surface area contributed by atoms with Crippen LogP contribution in [0.2, 0.25) is 0 Å². The van der Waals surface area contributed by atoms with E-state index >= 15 is 0 Å². The Bertz CT molecular complexity index is 1130. The van der Waals surface area contributed by atoms with E-state index in [1.165, 1.54) is 18.4 Å². The molecule has 0 aliphatic rings. The molecule has 1 heterocycles. The molecule has 3 aromatic rings. The molecule has 0 bridgehead atoms. The molecule has 0 aliphatic heterocycles. The number of thiophene rings is 1. The Labute approximate surface area is 222 Å². The largest absolute Gasteiger partial charge is 0.467 e. The highest BCUT2D eigenvalue weighted by Crippen LogP contribution is 2.36. The first kappa shape index (κ1) is 27.9. The lowest BCUT2D eigenvalue weighted by molar-refractivity contribution is -0.143. The zero-order valence-electron chi connectivity index (χ0n) is 21.7. The summed E-state index contributed by atoms with van der Waals surface area (Å²) >= 11 is 1.40. The molecule has 37 heavy (non-hydrogen) atoms. The van der Waals surface area contributed by atoms with Gasteiger partial charge in [-0.25, -0.2) is 9.59 Å². The van der Waals surface area contributed by atoms with Crippen LogP contribution >= 0.6 is 11.3 Å². The van der Waals surface area contributed by atoms with Crippen LogP contribution in [0.1, 0.15) is 65.2 Å². The second-order valence-electron chi connectivity index (χ2n) is 9.58. The van der Waals surface area contributed by atoms with Gasteiger partial charge in [0.25, 0.3) is 5.91 Å². The molecule has 0 radical (unpaired) electrons. The molecular formula is C29H34N2O5S. The van der Waals surface area contributed by atoms with E-state index < -0.39 is 23.7 Å². The van der Waals surface area contributed by atoms with E-state index in [4.69, 9.17) is 9.47 Å². The number of nitrogens with one attached hydrogen (secondary N) is 2. The van der Waals surface area contributed by atoms with Gasteiger partial charge in [0.05, 0.1) is 12.0 Å². The van der Waals surface area contributed by atoms with Crippen LogP contribution < -0.4 is 10.6 Å². The van der Waals surface area contributed by atoms with Gasteiger partial charge in [0.1, 0.15) is 11.6 Å². The first-order chi connectivity index (χ1) is 17.7. The van der Waals surface area contributed by atoms with Crippen LogP contribution in [-0.2, 0) is 14.3 Å². The van der Waals surface area contributed by atoms with Crippen molar-refractivity contribution in [3.8, 4) is 0 Å². The van der Waals surface area contributed by atoms with Crippen LogP contribution in [0.25, 0.3) is 0 Å². The molecule has 0 saturated carbocycles. The molecule has 0 unspecified atom stereocenters. The fourth-order valence-electron chi connectivity index (χ4n) is 3.87. The third kappa shape index (κ3) is 8.46. The molecule has 0 fully saturated rings. The average molecular weight is 523 g/mol. The van der Waals surface area contributed by atoms with E-state index in [9.17, 15) is 14.4 Å². The second-order valence-corrected chi connectivity index (χ2v) is 10.7. The minimum absolute atomic E-state index is 0.00992. The van der Waals surface area contributed by atoms with Crippen LogP contribution in [0.3, 0.4) is 0 Å². The van der Waals surface area contributed by atoms with E-state index in [0.717, 1.165) is 16.0 Å². The first-order valence-corrected chi connectivity index (χ1v) is 13.0. The standard InChI is InChI=1S/C29H34N2O5S/c1-29(2,3)36-28(34)30-19-11-16-22(27(33)35-4)31-26(32)24-18-17-23(37-24)25(20-12-7-5-8-13-20)21-14-9-6-10-15-21/h5-10,12-15,17-18,22,25H,11,16,19H2,1-4H3,(H,30,34)(H,31,32)/t22-/m0/s1. The number of amides is 2. The number of esters is 1. The number of carbonyl (C=O) groups excluding carboxylic acids is 3. The molecule has 7 nitrogen and oxygen atoms in total. The van der Waals surface area contributed by atoms with E-state index in [1.807, 2.05) is 42.5 Å². The molecule has 196 valence electrons. The van der Waals surface area contributed by atoms with Crippen LogP contribution in [0, 0.1) is 0 Å². The number of carbonyl (C=O) groups is 3. The molecule has 2 aromatic carbocycles. The average Bonchev–Trinajstić information content (AvgIpc) is 3.35. The van der Waals surface area contributed by atoms with E-state index in [2.05, 4.69) is 34.9 Å². The Balaban J connectivity index is 1.67. The molecule has 0 saturated heterocycles. The highest BCUT2D eigenvalue weighted by atomic mass is 32.1. The van der Waals surface area contributed by atoms with Gasteiger partial charge in [0.15, 0.2) is 0 Å². The van der Waals surface area contributed by atoms with Crippen molar-refractivity contribution in [2.45, 2.75) is 51.2 Å². The number of methoxy groups -OCH3 is 1. The Morgan fingerprint density at radius 2 is 1.49 bits per heavy atom. The molecule has 0 spiro atoms. The zero-order valence-corrected chi connectivity index (χ0v) is 22.5. The number of hydrogen-bond acceptors (Lipinski definition) is 6. The topological polar surface area (TPSA) is 93.7 Å². The zero-order chi connectivity index (χ0) is 26.8. The molecule has 3 rings (SSSR count). The summed E-state index contributed by atoms with van der Waals surface area (Å²) in [7, 11) is 1.29. The number of rotatable bonds is 10. The number of hydrogen-bond donors (Lipinski definition) is 2. The van der Waals surface area contributed by atoms with Gasteiger partial charge in [-0.15, -0.1) is 11.3 Å². The van der Waals surface area contributed by atoms with Crippen molar-refractivity contribution < 1.29 is 23.9 Å². The lowest BCUT2D eigenvalue weighted by atomic mass is 9.90. The van der Waals surface area contributed by atoms with Gasteiger partial charge in [-0.05, 0) is 56.9 Å². The molecule has 1 aromatic heterocycles. The minimum atomic E-state index is -0.831. The summed E-state index contributed by atoms with van der Waals surface area (Å²) in [5.74, 6) is -0.884. The van der Waals surface area contributed by atoms with Crippen LogP contribution in [-0.4, -0.2) is 43.3 Å². The van der Waals surface area contributed by atoms with E-state index in [-0.39, 0.29) is 11.8 Å². The summed E-state index contributed by atoms with van der Waals surface area (Å²) in [6.45, 7) is 5.66. The Kier molecular flexibility index (Phi) is 9.85. The summed E-state index contributed by atoms with van der Waals surface area (Å²) in [4.78, 5) is 38.8. The second kappa shape index (κ2) is 13.1. The number of ether oxygens (including phenoxy) is 2. The summed E-state index contributed by atoms with van der Waals surface area (Å²) in [5, 5.41) is 5.45. The first-order valence-electron chi connectivity index (χ1n) is 12.2.